The van der Waals surface area contributed by atoms with E-state index in [9.17, 15) is 9.90 Å². The molecule has 1 heterocycles. The molecule has 0 bridgehead atoms. The first-order valence-corrected chi connectivity index (χ1v) is 7.30. The highest BCUT2D eigenvalue weighted by atomic mass is 16.5. The van der Waals surface area contributed by atoms with Gasteiger partial charge in [0.2, 0.25) is 0 Å². The second kappa shape index (κ2) is 5.79. The Morgan fingerprint density at radius 1 is 1.22 bits per heavy atom. The zero-order chi connectivity index (χ0) is 16.4. The van der Waals surface area contributed by atoms with Gasteiger partial charge in [-0.15, -0.1) is 12.3 Å². The van der Waals surface area contributed by atoms with Crippen LogP contribution in [0.3, 0.4) is 0 Å². The van der Waals surface area contributed by atoms with Crippen molar-refractivity contribution in [3.63, 3.8) is 0 Å². The molecule has 0 saturated carbocycles. The highest BCUT2D eigenvalue weighted by molar-refractivity contribution is 6.08. The van der Waals surface area contributed by atoms with Crippen LogP contribution < -0.4 is 9.64 Å². The molecule has 0 radical (unpaired) electrons. The fraction of sp³-hybridized carbons (Fsp3) is 0.211. The molecule has 0 aliphatic carbocycles. The Morgan fingerprint density at radius 2 is 1.87 bits per heavy atom. The zero-order valence-corrected chi connectivity index (χ0v) is 12.8. The molecule has 116 valence electrons. The number of β-lactam (4-membered cyclic amide) rings is 1. The Labute approximate surface area is 135 Å². The van der Waals surface area contributed by atoms with E-state index in [1.165, 1.54) is 0 Å². The third kappa shape index (κ3) is 2.36. The predicted molar refractivity (Wildman–Crippen MR) is 88.1 cm³/mol. The maximum atomic E-state index is 12.6. The smallest absolute Gasteiger partial charge is 0.263 e. The van der Waals surface area contributed by atoms with Gasteiger partial charge >= 0.3 is 0 Å². The number of carbonyl (C=O) groups is 1. The first-order chi connectivity index (χ1) is 11.1. The molecule has 1 aliphatic heterocycles. The van der Waals surface area contributed by atoms with Crippen LogP contribution >= 0.6 is 0 Å². The number of benzene rings is 2. The number of rotatable bonds is 4. The van der Waals surface area contributed by atoms with Crippen molar-refractivity contribution in [2.24, 2.45) is 0 Å². The molecule has 23 heavy (non-hydrogen) atoms. The number of methoxy groups -OCH3 is 1. The van der Waals surface area contributed by atoms with E-state index in [0.717, 1.165) is 5.56 Å². The summed E-state index contributed by atoms with van der Waals surface area (Å²) in [6, 6.07) is 16.1. The highest BCUT2D eigenvalue weighted by Gasteiger charge is 2.60. The molecule has 0 spiro atoms. The lowest BCUT2D eigenvalue weighted by Gasteiger charge is -2.52. The SMILES string of the molecule is C#CC[C@@]1(O)C(=O)N(c2ccc(OC)cc2)[C@@H]1c1ccccc1. The molecule has 4 heteroatoms. The van der Waals surface area contributed by atoms with Crippen LogP contribution in [0.1, 0.15) is 18.0 Å². The van der Waals surface area contributed by atoms with E-state index in [0.29, 0.717) is 11.4 Å². The number of carbonyl (C=O) groups excluding carboxylic acids is 1. The van der Waals surface area contributed by atoms with Gasteiger partial charge in [0, 0.05) is 12.1 Å². The van der Waals surface area contributed by atoms with Crippen LogP contribution in [-0.4, -0.2) is 23.7 Å². The van der Waals surface area contributed by atoms with Crippen molar-refractivity contribution in [3.8, 4) is 18.1 Å². The molecule has 2 atom stereocenters. The molecule has 2 aromatic carbocycles. The molecular formula is C19H17NO3. The average molecular weight is 307 g/mol. The Kier molecular flexibility index (Phi) is 3.81. The van der Waals surface area contributed by atoms with E-state index < -0.39 is 11.6 Å². The highest BCUT2D eigenvalue weighted by Crippen LogP contribution is 2.47. The normalized spacial score (nSPS) is 23.1. The van der Waals surface area contributed by atoms with Gasteiger partial charge in [-0.05, 0) is 29.8 Å². The van der Waals surface area contributed by atoms with Crippen molar-refractivity contribution in [2.75, 3.05) is 12.0 Å². The number of nitrogens with zero attached hydrogens (tertiary/aromatic N) is 1. The maximum absolute atomic E-state index is 12.6. The number of aliphatic hydroxyl groups is 1. The molecule has 3 rings (SSSR count). The molecule has 1 amide bonds. The van der Waals surface area contributed by atoms with Crippen molar-refractivity contribution >= 4 is 11.6 Å². The summed E-state index contributed by atoms with van der Waals surface area (Å²) in [6.07, 6.45) is 5.34. The summed E-state index contributed by atoms with van der Waals surface area (Å²) >= 11 is 0. The Hall–Kier alpha value is -2.77. The van der Waals surface area contributed by atoms with Crippen molar-refractivity contribution in [2.45, 2.75) is 18.1 Å². The van der Waals surface area contributed by atoms with Crippen LogP contribution in [0.4, 0.5) is 5.69 Å². The van der Waals surface area contributed by atoms with Gasteiger partial charge in [-0.3, -0.25) is 9.69 Å². The van der Waals surface area contributed by atoms with Crippen LogP contribution in [0.5, 0.6) is 5.75 Å². The number of terminal acetylenes is 1. The number of hydrogen-bond acceptors (Lipinski definition) is 3. The Balaban J connectivity index is 2.01. The minimum Gasteiger partial charge on any atom is -0.497 e. The fourth-order valence-corrected chi connectivity index (χ4v) is 2.99. The number of hydrogen-bond donors (Lipinski definition) is 1. The van der Waals surface area contributed by atoms with Gasteiger partial charge in [0.1, 0.15) is 11.8 Å². The number of anilines is 1. The lowest BCUT2D eigenvalue weighted by Crippen LogP contribution is -2.68. The van der Waals surface area contributed by atoms with Crippen LogP contribution in [0, 0.1) is 12.3 Å². The van der Waals surface area contributed by atoms with Gasteiger partial charge in [-0.25, -0.2) is 0 Å². The lowest BCUT2D eigenvalue weighted by molar-refractivity contribution is -0.153. The second-order valence-electron chi connectivity index (χ2n) is 5.49. The van der Waals surface area contributed by atoms with Gasteiger partial charge in [0.05, 0.1) is 7.11 Å². The predicted octanol–water partition coefficient (Wildman–Crippen LogP) is 2.54. The zero-order valence-electron chi connectivity index (χ0n) is 12.8. The van der Waals surface area contributed by atoms with Crippen molar-refractivity contribution in [1.29, 1.82) is 0 Å². The van der Waals surface area contributed by atoms with Crippen LogP contribution in [-0.2, 0) is 4.79 Å². The first-order valence-electron chi connectivity index (χ1n) is 7.30. The van der Waals surface area contributed by atoms with Crippen molar-refractivity contribution in [3.05, 3.63) is 60.2 Å². The van der Waals surface area contributed by atoms with E-state index in [4.69, 9.17) is 11.2 Å². The molecule has 0 unspecified atom stereocenters. The van der Waals surface area contributed by atoms with Crippen LogP contribution in [0.15, 0.2) is 54.6 Å². The molecular weight excluding hydrogens is 290 g/mol. The molecule has 4 nitrogen and oxygen atoms in total. The number of ether oxygens (including phenoxy) is 1. The quantitative estimate of drug-likeness (QED) is 0.697. The fourth-order valence-electron chi connectivity index (χ4n) is 2.99. The summed E-state index contributed by atoms with van der Waals surface area (Å²) in [7, 11) is 1.59. The number of amides is 1. The topological polar surface area (TPSA) is 49.8 Å². The van der Waals surface area contributed by atoms with Gasteiger partial charge in [0.15, 0.2) is 5.60 Å². The molecule has 1 fully saturated rings. The molecule has 0 aromatic heterocycles. The lowest BCUT2D eigenvalue weighted by atomic mass is 9.75. The molecule has 1 aliphatic rings. The third-order valence-electron chi connectivity index (χ3n) is 4.14. The molecule has 1 N–H and O–H groups in total. The monoisotopic (exact) mass is 307 g/mol. The van der Waals surface area contributed by atoms with E-state index in [1.54, 1.807) is 36.3 Å². The van der Waals surface area contributed by atoms with Crippen molar-refractivity contribution in [1.82, 2.24) is 0 Å². The standard InChI is InChI=1S/C19H17NO3/c1-3-13-19(22)17(14-7-5-4-6-8-14)20(18(19)21)15-9-11-16(23-2)12-10-15/h1,4-12,17,22H,13H2,2H3/t17-,19+/m1/s1. The summed E-state index contributed by atoms with van der Waals surface area (Å²) < 4.78 is 5.14. The van der Waals surface area contributed by atoms with E-state index in [-0.39, 0.29) is 12.3 Å². The third-order valence-corrected chi connectivity index (χ3v) is 4.14. The Morgan fingerprint density at radius 3 is 2.43 bits per heavy atom. The summed E-state index contributed by atoms with van der Waals surface area (Å²) in [6.45, 7) is 0. The molecule has 1 saturated heterocycles. The maximum Gasteiger partial charge on any atom is 0.263 e. The van der Waals surface area contributed by atoms with Crippen molar-refractivity contribution < 1.29 is 14.6 Å². The largest absolute Gasteiger partial charge is 0.497 e. The average Bonchev–Trinajstić information content (AvgIpc) is 2.60. The Bertz CT molecular complexity index is 748. The summed E-state index contributed by atoms with van der Waals surface area (Å²) in [5, 5.41) is 10.8. The van der Waals surface area contributed by atoms with Gasteiger partial charge < -0.3 is 9.84 Å². The minimum absolute atomic E-state index is 0.0158. The van der Waals surface area contributed by atoms with E-state index in [2.05, 4.69) is 5.92 Å². The first kappa shape index (κ1) is 15.1. The van der Waals surface area contributed by atoms with Crippen LogP contribution in [0.2, 0.25) is 0 Å². The van der Waals surface area contributed by atoms with E-state index >= 15 is 0 Å². The van der Waals surface area contributed by atoms with E-state index in [1.807, 2.05) is 30.3 Å². The van der Waals surface area contributed by atoms with Crippen LogP contribution in [0.25, 0.3) is 0 Å². The van der Waals surface area contributed by atoms with Gasteiger partial charge in [-0.1, -0.05) is 30.3 Å². The summed E-state index contributed by atoms with van der Waals surface area (Å²) in [5.41, 5.74) is -0.0113. The summed E-state index contributed by atoms with van der Waals surface area (Å²) in [5.74, 6) is 2.74. The molecule has 2 aromatic rings. The van der Waals surface area contributed by atoms with Gasteiger partial charge in [0.25, 0.3) is 5.91 Å². The second-order valence-corrected chi connectivity index (χ2v) is 5.49. The van der Waals surface area contributed by atoms with Gasteiger partial charge in [-0.2, -0.15) is 0 Å². The summed E-state index contributed by atoms with van der Waals surface area (Å²) in [4.78, 5) is 14.1. The minimum atomic E-state index is -1.56.